The molecule has 0 saturated heterocycles. The van der Waals surface area contributed by atoms with E-state index in [0.29, 0.717) is 17.0 Å². The Hall–Kier alpha value is -2.84. The number of nitrogens with zero attached hydrogens (tertiary/aromatic N) is 1. The van der Waals surface area contributed by atoms with Gasteiger partial charge in [-0.1, -0.05) is 40.2 Å². The maximum atomic E-state index is 12.3. The maximum Gasteiger partial charge on any atom is 0.291 e. The number of rotatable bonds is 3. The van der Waals surface area contributed by atoms with Crippen molar-refractivity contribution >= 4 is 27.5 Å². The molecule has 1 N–H and O–H groups in total. The summed E-state index contributed by atoms with van der Waals surface area (Å²) in [6, 6.07) is 19.8. The fraction of sp³-hybridized carbons (Fsp3) is 0. The summed E-state index contributed by atoms with van der Waals surface area (Å²) in [7, 11) is 0. The lowest BCUT2D eigenvalue weighted by atomic mass is 10.2. The zero-order valence-electron chi connectivity index (χ0n) is 11.9. The highest BCUT2D eigenvalue weighted by atomic mass is 79.9. The van der Waals surface area contributed by atoms with Gasteiger partial charge in [-0.2, -0.15) is 5.26 Å². The van der Waals surface area contributed by atoms with Crippen molar-refractivity contribution in [2.24, 2.45) is 0 Å². The lowest BCUT2D eigenvalue weighted by Gasteiger charge is -2.04. The average Bonchev–Trinajstić information content (AvgIpc) is 3.06. The van der Waals surface area contributed by atoms with E-state index in [2.05, 4.69) is 21.2 Å². The molecule has 0 spiro atoms. The highest BCUT2D eigenvalue weighted by Gasteiger charge is 2.14. The van der Waals surface area contributed by atoms with Crippen molar-refractivity contribution in [3.63, 3.8) is 0 Å². The van der Waals surface area contributed by atoms with Crippen LogP contribution < -0.4 is 5.32 Å². The van der Waals surface area contributed by atoms with Crippen molar-refractivity contribution in [1.82, 2.24) is 0 Å². The number of carbonyl (C=O) groups is 1. The van der Waals surface area contributed by atoms with E-state index < -0.39 is 5.91 Å². The number of para-hydroxylation sites is 1. The van der Waals surface area contributed by atoms with Gasteiger partial charge in [0.1, 0.15) is 11.8 Å². The quantitative estimate of drug-likeness (QED) is 0.721. The molecule has 2 aromatic carbocycles. The standard InChI is InChI=1S/C18H11BrN2O2/c19-14-7-5-12(6-8-14)16-9-10-17(23-16)18(22)21-15-4-2-1-3-13(15)11-20/h1-10H,(H,21,22). The molecule has 112 valence electrons. The first-order valence-corrected chi connectivity index (χ1v) is 7.63. The van der Waals surface area contributed by atoms with E-state index in [9.17, 15) is 4.79 Å². The van der Waals surface area contributed by atoms with Crippen LogP contribution in [0.5, 0.6) is 0 Å². The molecule has 1 heterocycles. The number of hydrogen-bond donors (Lipinski definition) is 1. The predicted molar refractivity (Wildman–Crippen MR) is 91.0 cm³/mol. The molecule has 3 rings (SSSR count). The second-order valence-corrected chi connectivity index (χ2v) is 5.70. The van der Waals surface area contributed by atoms with Crippen molar-refractivity contribution < 1.29 is 9.21 Å². The Balaban J connectivity index is 1.81. The van der Waals surface area contributed by atoms with Crippen molar-refractivity contribution in [3.8, 4) is 17.4 Å². The van der Waals surface area contributed by atoms with E-state index in [4.69, 9.17) is 9.68 Å². The Kier molecular flexibility index (Phi) is 4.26. The van der Waals surface area contributed by atoms with E-state index in [1.54, 1.807) is 36.4 Å². The number of furan rings is 1. The lowest BCUT2D eigenvalue weighted by molar-refractivity contribution is 0.0997. The van der Waals surface area contributed by atoms with Gasteiger partial charge in [-0.25, -0.2) is 0 Å². The first-order chi connectivity index (χ1) is 11.2. The Morgan fingerprint density at radius 1 is 1.04 bits per heavy atom. The van der Waals surface area contributed by atoms with E-state index in [-0.39, 0.29) is 5.76 Å². The third-order valence-corrected chi connectivity index (χ3v) is 3.78. The molecule has 0 atom stereocenters. The maximum absolute atomic E-state index is 12.3. The van der Waals surface area contributed by atoms with Crippen LogP contribution in [0, 0.1) is 11.3 Å². The van der Waals surface area contributed by atoms with Gasteiger partial charge in [0, 0.05) is 10.0 Å². The summed E-state index contributed by atoms with van der Waals surface area (Å²) in [5, 5.41) is 11.7. The van der Waals surface area contributed by atoms with Crippen LogP contribution in [0.3, 0.4) is 0 Å². The molecule has 0 fully saturated rings. The Morgan fingerprint density at radius 3 is 2.52 bits per heavy atom. The number of hydrogen-bond acceptors (Lipinski definition) is 3. The van der Waals surface area contributed by atoms with Crippen LogP contribution in [0.4, 0.5) is 5.69 Å². The van der Waals surface area contributed by atoms with E-state index in [0.717, 1.165) is 10.0 Å². The number of amides is 1. The summed E-state index contributed by atoms with van der Waals surface area (Å²) in [6.45, 7) is 0. The number of benzene rings is 2. The van der Waals surface area contributed by atoms with Crippen LogP contribution in [0.15, 0.2) is 69.6 Å². The molecule has 0 bridgehead atoms. The molecule has 0 aliphatic carbocycles. The minimum atomic E-state index is -0.393. The number of anilines is 1. The van der Waals surface area contributed by atoms with Crippen LogP contribution in [0.25, 0.3) is 11.3 Å². The molecule has 0 aliphatic heterocycles. The first kappa shape index (κ1) is 15.1. The minimum absolute atomic E-state index is 0.190. The van der Waals surface area contributed by atoms with E-state index in [1.807, 2.05) is 30.3 Å². The molecule has 3 aromatic rings. The lowest BCUT2D eigenvalue weighted by Crippen LogP contribution is -2.11. The summed E-state index contributed by atoms with van der Waals surface area (Å²) in [5.41, 5.74) is 1.74. The van der Waals surface area contributed by atoms with Crippen molar-refractivity contribution in [2.45, 2.75) is 0 Å². The second-order valence-electron chi connectivity index (χ2n) is 4.78. The molecular formula is C18H11BrN2O2. The van der Waals surface area contributed by atoms with Crippen molar-refractivity contribution in [2.75, 3.05) is 5.32 Å². The highest BCUT2D eigenvalue weighted by Crippen LogP contribution is 2.24. The SMILES string of the molecule is N#Cc1ccccc1NC(=O)c1ccc(-c2ccc(Br)cc2)o1. The third kappa shape index (κ3) is 3.33. The van der Waals surface area contributed by atoms with Crippen LogP contribution in [-0.4, -0.2) is 5.91 Å². The summed E-state index contributed by atoms with van der Waals surface area (Å²) < 4.78 is 6.58. The normalized spacial score (nSPS) is 10.1. The van der Waals surface area contributed by atoms with Crippen LogP contribution in [0.2, 0.25) is 0 Å². The predicted octanol–water partition coefficient (Wildman–Crippen LogP) is 4.83. The fourth-order valence-electron chi connectivity index (χ4n) is 2.10. The summed E-state index contributed by atoms with van der Waals surface area (Å²) in [6.07, 6.45) is 0. The molecular weight excluding hydrogens is 356 g/mol. The van der Waals surface area contributed by atoms with Crippen LogP contribution in [0.1, 0.15) is 16.1 Å². The molecule has 5 heteroatoms. The highest BCUT2D eigenvalue weighted by molar-refractivity contribution is 9.10. The van der Waals surface area contributed by atoms with Gasteiger partial charge in [-0.3, -0.25) is 4.79 Å². The van der Waals surface area contributed by atoms with Crippen LogP contribution in [-0.2, 0) is 0 Å². The van der Waals surface area contributed by atoms with Crippen LogP contribution >= 0.6 is 15.9 Å². The minimum Gasteiger partial charge on any atom is -0.451 e. The summed E-state index contributed by atoms with van der Waals surface area (Å²) in [5.74, 6) is 0.406. The second kappa shape index (κ2) is 6.51. The number of carbonyl (C=O) groups excluding carboxylic acids is 1. The molecule has 4 nitrogen and oxygen atoms in total. The molecule has 1 aromatic heterocycles. The first-order valence-electron chi connectivity index (χ1n) is 6.83. The molecule has 23 heavy (non-hydrogen) atoms. The van der Waals surface area contributed by atoms with Gasteiger partial charge in [-0.05, 0) is 36.4 Å². The van der Waals surface area contributed by atoms with E-state index in [1.165, 1.54) is 0 Å². The smallest absolute Gasteiger partial charge is 0.291 e. The Labute approximate surface area is 141 Å². The largest absolute Gasteiger partial charge is 0.451 e. The number of halogens is 1. The van der Waals surface area contributed by atoms with Gasteiger partial charge >= 0.3 is 0 Å². The van der Waals surface area contributed by atoms with Crippen molar-refractivity contribution in [1.29, 1.82) is 5.26 Å². The van der Waals surface area contributed by atoms with Gasteiger partial charge in [0.25, 0.3) is 5.91 Å². The van der Waals surface area contributed by atoms with Gasteiger partial charge in [-0.15, -0.1) is 0 Å². The topological polar surface area (TPSA) is 66.0 Å². The third-order valence-electron chi connectivity index (χ3n) is 3.25. The molecule has 1 amide bonds. The Bertz CT molecular complexity index is 892. The van der Waals surface area contributed by atoms with Gasteiger partial charge in [0.05, 0.1) is 11.3 Å². The molecule has 0 unspecified atom stereocenters. The molecule has 0 saturated carbocycles. The fourth-order valence-corrected chi connectivity index (χ4v) is 2.37. The monoisotopic (exact) mass is 366 g/mol. The van der Waals surface area contributed by atoms with E-state index >= 15 is 0 Å². The van der Waals surface area contributed by atoms with Gasteiger partial charge < -0.3 is 9.73 Å². The summed E-state index contributed by atoms with van der Waals surface area (Å²) in [4.78, 5) is 12.3. The number of nitrogens with one attached hydrogen (secondary N) is 1. The zero-order chi connectivity index (χ0) is 16.2. The zero-order valence-corrected chi connectivity index (χ0v) is 13.5. The number of nitriles is 1. The average molecular weight is 367 g/mol. The van der Waals surface area contributed by atoms with Crippen molar-refractivity contribution in [3.05, 3.63) is 76.5 Å². The molecule has 0 radical (unpaired) electrons. The molecule has 0 aliphatic rings. The van der Waals surface area contributed by atoms with Gasteiger partial charge in [0.15, 0.2) is 5.76 Å². The van der Waals surface area contributed by atoms with Gasteiger partial charge in [0.2, 0.25) is 0 Å². The Morgan fingerprint density at radius 2 is 1.78 bits per heavy atom. The summed E-state index contributed by atoms with van der Waals surface area (Å²) >= 11 is 3.38.